The van der Waals surface area contributed by atoms with Crippen molar-refractivity contribution in [2.24, 2.45) is 0 Å². The summed E-state index contributed by atoms with van der Waals surface area (Å²) in [6.45, 7) is 8.18. The summed E-state index contributed by atoms with van der Waals surface area (Å²) in [6.07, 6.45) is 0.653. The Morgan fingerprint density at radius 1 is 1.43 bits per heavy atom. The van der Waals surface area contributed by atoms with Crippen LogP contribution in [0.1, 0.15) is 55.6 Å². The predicted octanol–water partition coefficient (Wildman–Crippen LogP) is 2.77. The number of ether oxygens (including phenoxy) is 1. The molecule has 2 N–H and O–H groups in total. The molecule has 21 heavy (non-hydrogen) atoms. The number of nitrogens with zero attached hydrogens (tertiary/aromatic N) is 3. The summed E-state index contributed by atoms with van der Waals surface area (Å²) in [7, 11) is 0. The highest BCUT2D eigenvalue weighted by molar-refractivity contribution is 7.12. The number of nitrogen functional groups attached to an aromatic ring is 1. The van der Waals surface area contributed by atoms with Crippen LogP contribution in [0.5, 0.6) is 0 Å². The number of nitrogens with two attached hydrogens (primary N) is 1. The average Bonchev–Trinajstić information content (AvgIpc) is 3.03. The molecule has 0 aliphatic rings. The van der Waals surface area contributed by atoms with E-state index < -0.39 is 5.97 Å². The first-order valence-corrected chi connectivity index (χ1v) is 7.87. The fourth-order valence-electron chi connectivity index (χ4n) is 1.93. The van der Waals surface area contributed by atoms with Gasteiger partial charge < -0.3 is 10.5 Å². The third kappa shape index (κ3) is 2.92. The van der Waals surface area contributed by atoms with Gasteiger partial charge in [-0.05, 0) is 12.8 Å². The van der Waals surface area contributed by atoms with E-state index in [-0.39, 0.29) is 11.5 Å². The third-order valence-corrected chi connectivity index (χ3v) is 3.90. The van der Waals surface area contributed by atoms with E-state index in [2.05, 4.69) is 23.8 Å². The van der Waals surface area contributed by atoms with Crippen molar-refractivity contribution < 1.29 is 9.53 Å². The summed E-state index contributed by atoms with van der Waals surface area (Å²) in [5.41, 5.74) is 7.26. The Bertz CT molecular complexity index is 645. The molecule has 2 aromatic heterocycles. The molecule has 7 heteroatoms. The average molecular weight is 308 g/mol. The maximum Gasteiger partial charge on any atom is 0.360 e. The van der Waals surface area contributed by atoms with Crippen LogP contribution < -0.4 is 5.73 Å². The minimum Gasteiger partial charge on any atom is -0.461 e. The Balaban J connectivity index is 2.49. The highest BCUT2D eigenvalue weighted by atomic mass is 32.1. The van der Waals surface area contributed by atoms with Gasteiger partial charge in [0.25, 0.3) is 0 Å². The molecule has 2 rings (SSSR count). The van der Waals surface area contributed by atoms with Gasteiger partial charge in [0.1, 0.15) is 11.6 Å². The first kappa shape index (κ1) is 15.5. The van der Waals surface area contributed by atoms with Gasteiger partial charge in [-0.3, -0.25) is 4.57 Å². The summed E-state index contributed by atoms with van der Waals surface area (Å²) >= 11 is 1.49. The van der Waals surface area contributed by atoms with Gasteiger partial charge in [0.15, 0.2) is 10.8 Å². The molecule has 0 spiro atoms. The van der Waals surface area contributed by atoms with E-state index in [0.29, 0.717) is 24.8 Å². The first-order valence-electron chi connectivity index (χ1n) is 6.99. The summed E-state index contributed by atoms with van der Waals surface area (Å²) in [5.74, 6) is 0.841. The van der Waals surface area contributed by atoms with E-state index in [0.717, 1.165) is 10.8 Å². The zero-order valence-corrected chi connectivity index (χ0v) is 13.5. The number of hydrogen-bond donors (Lipinski definition) is 1. The highest BCUT2D eigenvalue weighted by Gasteiger charge is 2.23. The van der Waals surface area contributed by atoms with Crippen LogP contribution in [0.2, 0.25) is 0 Å². The second kappa shape index (κ2) is 6.26. The second-order valence-electron chi connectivity index (χ2n) is 4.88. The number of hydrogen-bond acceptors (Lipinski definition) is 6. The Labute approximate surface area is 128 Å². The Hall–Kier alpha value is -1.89. The van der Waals surface area contributed by atoms with Crippen molar-refractivity contribution in [3.8, 4) is 5.13 Å². The molecule has 0 fully saturated rings. The molecule has 114 valence electrons. The number of imidazole rings is 1. The number of thiazole rings is 1. The number of rotatable bonds is 5. The van der Waals surface area contributed by atoms with Crippen LogP contribution in [0.15, 0.2) is 5.38 Å². The van der Waals surface area contributed by atoms with E-state index in [1.54, 1.807) is 11.5 Å². The van der Waals surface area contributed by atoms with E-state index in [9.17, 15) is 4.79 Å². The fourth-order valence-corrected chi connectivity index (χ4v) is 2.94. The standard InChI is InChI=1S/C14H20N4O2S/c1-5-10-17-11(13(19)20-6-2)12(15)18(10)14-16-9(7-21-14)8(3)4/h7-8H,5-6,15H2,1-4H3. The Morgan fingerprint density at radius 2 is 2.14 bits per heavy atom. The number of carbonyl (C=O) groups is 1. The maximum absolute atomic E-state index is 11.9. The third-order valence-electron chi connectivity index (χ3n) is 3.06. The van der Waals surface area contributed by atoms with Gasteiger partial charge in [-0.2, -0.15) is 0 Å². The lowest BCUT2D eigenvalue weighted by molar-refractivity contribution is 0.0521. The van der Waals surface area contributed by atoms with Crippen LogP contribution in [0.25, 0.3) is 5.13 Å². The minimum absolute atomic E-state index is 0.162. The predicted molar refractivity (Wildman–Crippen MR) is 83.1 cm³/mol. The zero-order valence-electron chi connectivity index (χ0n) is 12.7. The molecule has 0 atom stereocenters. The minimum atomic E-state index is -0.496. The molecule has 0 unspecified atom stereocenters. The van der Waals surface area contributed by atoms with E-state index in [1.807, 2.05) is 12.3 Å². The van der Waals surface area contributed by atoms with Gasteiger partial charge in [0.2, 0.25) is 0 Å². The number of esters is 1. The number of anilines is 1. The van der Waals surface area contributed by atoms with Crippen molar-refractivity contribution in [1.82, 2.24) is 14.5 Å². The van der Waals surface area contributed by atoms with Gasteiger partial charge in [-0.25, -0.2) is 14.8 Å². The molecule has 0 saturated heterocycles. The van der Waals surface area contributed by atoms with E-state index >= 15 is 0 Å². The lowest BCUT2D eigenvalue weighted by Crippen LogP contribution is -2.09. The number of aryl methyl sites for hydroxylation is 1. The van der Waals surface area contributed by atoms with Crippen molar-refractivity contribution in [3.05, 3.63) is 22.6 Å². The van der Waals surface area contributed by atoms with Crippen LogP contribution in [0, 0.1) is 0 Å². The van der Waals surface area contributed by atoms with Crippen LogP contribution in [0.4, 0.5) is 5.82 Å². The summed E-state index contributed by atoms with van der Waals surface area (Å²) in [4.78, 5) is 20.8. The lowest BCUT2D eigenvalue weighted by atomic mass is 10.2. The molecule has 0 radical (unpaired) electrons. The molecule has 0 bridgehead atoms. The monoisotopic (exact) mass is 308 g/mol. The Kier molecular flexibility index (Phi) is 4.62. The van der Waals surface area contributed by atoms with Crippen molar-refractivity contribution in [3.63, 3.8) is 0 Å². The molecule has 6 nitrogen and oxygen atoms in total. The topological polar surface area (TPSA) is 83.0 Å². The van der Waals surface area contributed by atoms with Crippen LogP contribution in [0.3, 0.4) is 0 Å². The zero-order chi connectivity index (χ0) is 15.6. The maximum atomic E-state index is 11.9. The van der Waals surface area contributed by atoms with Gasteiger partial charge in [-0.15, -0.1) is 11.3 Å². The molecular weight excluding hydrogens is 288 g/mol. The summed E-state index contributed by atoms with van der Waals surface area (Å²) in [5, 5.41) is 2.74. The molecule has 0 amide bonds. The normalized spacial score (nSPS) is 11.1. The first-order chi connectivity index (χ1) is 9.99. The van der Waals surface area contributed by atoms with E-state index in [1.165, 1.54) is 11.3 Å². The molecule has 0 aliphatic heterocycles. The van der Waals surface area contributed by atoms with Crippen LogP contribution in [-0.4, -0.2) is 27.1 Å². The summed E-state index contributed by atoms with van der Waals surface area (Å²) in [6, 6.07) is 0. The summed E-state index contributed by atoms with van der Waals surface area (Å²) < 4.78 is 6.73. The number of carbonyl (C=O) groups excluding carboxylic acids is 1. The molecule has 0 aliphatic carbocycles. The molecule has 2 aromatic rings. The van der Waals surface area contributed by atoms with Crippen molar-refractivity contribution in [2.45, 2.75) is 40.0 Å². The van der Waals surface area contributed by atoms with Crippen molar-refractivity contribution >= 4 is 23.1 Å². The van der Waals surface area contributed by atoms with Crippen molar-refractivity contribution in [1.29, 1.82) is 0 Å². The largest absolute Gasteiger partial charge is 0.461 e. The molecule has 0 aromatic carbocycles. The SMILES string of the molecule is CCOC(=O)c1nc(CC)n(-c2nc(C(C)C)cs2)c1N. The van der Waals surface area contributed by atoms with Gasteiger partial charge in [-0.1, -0.05) is 20.8 Å². The fraction of sp³-hybridized carbons (Fsp3) is 0.500. The van der Waals surface area contributed by atoms with Crippen molar-refractivity contribution in [2.75, 3.05) is 12.3 Å². The molecule has 2 heterocycles. The molecular formula is C14H20N4O2S. The highest BCUT2D eigenvalue weighted by Crippen LogP contribution is 2.26. The van der Waals surface area contributed by atoms with Gasteiger partial charge in [0, 0.05) is 11.8 Å². The smallest absolute Gasteiger partial charge is 0.360 e. The molecule has 0 saturated carbocycles. The van der Waals surface area contributed by atoms with Crippen LogP contribution in [-0.2, 0) is 11.2 Å². The Morgan fingerprint density at radius 3 is 2.67 bits per heavy atom. The van der Waals surface area contributed by atoms with Crippen LogP contribution >= 0.6 is 11.3 Å². The second-order valence-corrected chi connectivity index (χ2v) is 5.72. The number of aromatic nitrogens is 3. The quantitative estimate of drug-likeness (QED) is 0.859. The lowest BCUT2D eigenvalue weighted by Gasteiger charge is -2.05. The van der Waals surface area contributed by atoms with E-state index in [4.69, 9.17) is 10.5 Å². The van der Waals surface area contributed by atoms with Gasteiger partial charge in [0.05, 0.1) is 12.3 Å². The van der Waals surface area contributed by atoms with Gasteiger partial charge >= 0.3 is 5.97 Å².